The van der Waals surface area contributed by atoms with E-state index in [1.165, 1.54) is 0 Å². The van der Waals surface area contributed by atoms with Crippen molar-refractivity contribution in [3.05, 3.63) is 0 Å². The maximum atomic E-state index is 5.23. The molecule has 62 valence electrons. The minimum Gasteiger partial charge on any atom is -0.381 e. The van der Waals surface area contributed by atoms with E-state index >= 15 is 0 Å². The van der Waals surface area contributed by atoms with Crippen LogP contribution in [-0.2, 0) is 4.74 Å². The Balaban J connectivity index is 3.41. The van der Waals surface area contributed by atoms with Crippen LogP contribution in [0, 0.1) is 0 Å². The lowest BCUT2D eigenvalue weighted by atomic mass is 10.1. The molecule has 0 radical (unpaired) electrons. The Bertz CT molecular complexity index is 71.7. The molecular weight excluding hydrogens is 126 g/mol. The van der Waals surface area contributed by atoms with Crippen LogP contribution in [-0.4, -0.2) is 26.3 Å². The van der Waals surface area contributed by atoms with E-state index in [0.29, 0.717) is 12.1 Å². The lowest BCUT2D eigenvalue weighted by Crippen LogP contribution is -2.27. The Hall–Kier alpha value is -0.0800. The Labute approximate surface area is 64.0 Å². The second-order valence-corrected chi connectivity index (χ2v) is 2.69. The molecule has 1 unspecified atom stereocenters. The van der Waals surface area contributed by atoms with E-state index in [2.05, 4.69) is 19.2 Å². The van der Waals surface area contributed by atoms with Crippen molar-refractivity contribution in [2.24, 2.45) is 0 Å². The van der Waals surface area contributed by atoms with Gasteiger partial charge in [-0.25, -0.2) is 0 Å². The van der Waals surface area contributed by atoms with Gasteiger partial charge in [0.25, 0.3) is 0 Å². The van der Waals surface area contributed by atoms with E-state index in [1.807, 2.05) is 7.05 Å². The maximum absolute atomic E-state index is 5.23. The van der Waals surface area contributed by atoms with Crippen LogP contribution < -0.4 is 5.32 Å². The largest absolute Gasteiger partial charge is 0.381 e. The first-order valence-electron chi connectivity index (χ1n) is 3.94. The maximum Gasteiger partial charge on any atom is 0.0583 e. The third-order valence-electron chi connectivity index (χ3n) is 1.90. The summed E-state index contributed by atoms with van der Waals surface area (Å²) in [4.78, 5) is 0. The van der Waals surface area contributed by atoms with Crippen LogP contribution in [0.5, 0.6) is 0 Å². The molecule has 10 heavy (non-hydrogen) atoms. The van der Waals surface area contributed by atoms with Crippen molar-refractivity contribution in [2.45, 2.75) is 38.8 Å². The van der Waals surface area contributed by atoms with Gasteiger partial charge in [-0.15, -0.1) is 0 Å². The zero-order valence-corrected chi connectivity index (χ0v) is 7.48. The molecule has 0 fully saturated rings. The normalized spacial score (nSPS) is 16.8. The lowest BCUT2D eigenvalue weighted by Gasteiger charge is -2.17. The van der Waals surface area contributed by atoms with Crippen LogP contribution in [0.15, 0.2) is 0 Å². The second-order valence-electron chi connectivity index (χ2n) is 2.69. The summed E-state index contributed by atoms with van der Waals surface area (Å²) in [5, 5.41) is 3.18. The fourth-order valence-electron chi connectivity index (χ4n) is 0.942. The van der Waals surface area contributed by atoms with Crippen molar-refractivity contribution in [1.29, 1.82) is 0 Å². The van der Waals surface area contributed by atoms with Gasteiger partial charge in [-0.05, 0) is 26.8 Å². The molecule has 2 heteroatoms. The highest BCUT2D eigenvalue weighted by Crippen LogP contribution is 2.04. The fraction of sp³-hybridized carbons (Fsp3) is 1.00. The third-order valence-corrected chi connectivity index (χ3v) is 1.90. The Morgan fingerprint density at radius 1 is 1.50 bits per heavy atom. The fourth-order valence-corrected chi connectivity index (χ4v) is 0.942. The van der Waals surface area contributed by atoms with Gasteiger partial charge in [0, 0.05) is 13.2 Å². The van der Waals surface area contributed by atoms with Crippen molar-refractivity contribution in [3.63, 3.8) is 0 Å². The number of nitrogens with one attached hydrogen (secondary N) is 1. The summed E-state index contributed by atoms with van der Waals surface area (Å²) in [6, 6.07) is 0.560. The molecule has 0 rings (SSSR count). The van der Waals surface area contributed by atoms with Crippen LogP contribution in [0.2, 0.25) is 0 Å². The zero-order chi connectivity index (χ0) is 7.98. The first-order chi connectivity index (χ1) is 4.74. The molecule has 0 saturated carbocycles. The van der Waals surface area contributed by atoms with Crippen LogP contribution in [0.3, 0.4) is 0 Å². The lowest BCUT2D eigenvalue weighted by molar-refractivity contribution is 0.0849. The van der Waals surface area contributed by atoms with E-state index in [9.17, 15) is 0 Å². The highest BCUT2D eigenvalue weighted by atomic mass is 16.5. The minimum atomic E-state index is 0.419. The first kappa shape index (κ1) is 9.92. The molecule has 2 nitrogen and oxygen atoms in total. The van der Waals surface area contributed by atoms with Gasteiger partial charge in [-0.3, -0.25) is 0 Å². The minimum absolute atomic E-state index is 0.419. The van der Waals surface area contributed by atoms with E-state index in [1.54, 1.807) is 7.11 Å². The molecule has 0 aliphatic rings. The van der Waals surface area contributed by atoms with Crippen LogP contribution in [0.1, 0.15) is 26.7 Å². The SMILES string of the molecule is CCC(C[C@@H](C)NC)OC. The molecule has 0 aromatic carbocycles. The van der Waals surface area contributed by atoms with Gasteiger partial charge in [0.2, 0.25) is 0 Å². The molecule has 0 amide bonds. The molecule has 0 spiro atoms. The molecule has 1 N–H and O–H groups in total. The molecule has 2 atom stereocenters. The van der Waals surface area contributed by atoms with E-state index in [-0.39, 0.29) is 0 Å². The van der Waals surface area contributed by atoms with Gasteiger partial charge in [-0.2, -0.15) is 0 Å². The topological polar surface area (TPSA) is 21.3 Å². The summed E-state index contributed by atoms with van der Waals surface area (Å²) in [6.07, 6.45) is 2.62. The summed E-state index contributed by atoms with van der Waals surface area (Å²) in [5.74, 6) is 0. The second kappa shape index (κ2) is 5.69. The Morgan fingerprint density at radius 2 is 2.10 bits per heavy atom. The van der Waals surface area contributed by atoms with Gasteiger partial charge >= 0.3 is 0 Å². The van der Waals surface area contributed by atoms with E-state index < -0.39 is 0 Å². The Morgan fingerprint density at radius 3 is 2.40 bits per heavy atom. The smallest absolute Gasteiger partial charge is 0.0583 e. The molecule has 0 aromatic rings. The zero-order valence-electron chi connectivity index (χ0n) is 7.48. The van der Waals surface area contributed by atoms with Gasteiger partial charge in [-0.1, -0.05) is 6.92 Å². The number of ether oxygens (including phenoxy) is 1. The molecule has 0 heterocycles. The molecule has 0 aliphatic heterocycles. The predicted molar refractivity (Wildman–Crippen MR) is 44.2 cm³/mol. The van der Waals surface area contributed by atoms with Gasteiger partial charge in [0.1, 0.15) is 0 Å². The summed E-state index contributed by atoms with van der Waals surface area (Å²) < 4.78 is 5.23. The molecule has 0 saturated heterocycles. The Kier molecular flexibility index (Phi) is 5.64. The van der Waals surface area contributed by atoms with Crippen molar-refractivity contribution in [1.82, 2.24) is 5.32 Å². The summed E-state index contributed by atoms with van der Waals surface area (Å²) >= 11 is 0. The average Bonchev–Trinajstić information content (AvgIpc) is 1.99. The van der Waals surface area contributed by atoms with Crippen molar-refractivity contribution >= 4 is 0 Å². The van der Waals surface area contributed by atoms with Crippen LogP contribution in [0.25, 0.3) is 0 Å². The summed E-state index contributed by atoms with van der Waals surface area (Å²) in [7, 11) is 3.75. The number of hydrogen-bond donors (Lipinski definition) is 1. The number of methoxy groups -OCH3 is 1. The number of hydrogen-bond acceptors (Lipinski definition) is 2. The molecular formula is C8H19NO. The van der Waals surface area contributed by atoms with Crippen molar-refractivity contribution in [3.8, 4) is 0 Å². The quantitative estimate of drug-likeness (QED) is 0.631. The third kappa shape index (κ3) is 3.85. The molecule has 0 bridgehead atoms. The van der Waals surface area contributed by atoms with Gasteiger partial charge in [0.05, 0.1) is 6.10 Å². The monoisotopic (exact) mass is 145 g/mol. The number of rotatable bonds is 5. The standard InChI is InChI=1S/C8H19NO/c1-5-8(10-4)6-7(2)9-3/h7-9H,5-6H2,1-4H3/t7-,8?/m1/s1. The first-order valence-corrected chi connectivity index (χ1v) is 3.94. The molecule has 0 aromatic heterocycles. The van der Waals surface area contributed by atoms with E-state index in [0.717, 1.165) is 12.8 Å². The average molecular weight is 145 g/mol. The van der Waals surface area contributed by atoms with E-state index in [4.69, 9.17) is 4.74 Å². The van der Waals surface area contributed by atoms with Crippen molar-refractivity contribution < 1.29 is 4.74 Å². The highest BCUT2D eigenvalue weighted by Gasteiger charge is 2.07. The summed E-state index contributed by atoms with van der Waals surface area (Å²) in [5.41, 5.74) is 0. The van der Waals surface area contributed by atoms with Gasteiger partial charge in [0.15, 0.2) is 0 Å². The summed E-state index contributed by atoms with van der Waals surface area (Å²) in [6.45, 7) is 4.32. The molecule has 0 aliphatic carbocycles. The predicted octanol–water partition coefficient (Wildman–Crippen LogP) is 1.41. The van der Waals surface area contributed by atoms with Crippen LogP contribution >= 0.6 is 0 Å². The van der Waals surface area contributed by atoms with Gasteiger partial charge < -0.3 is 10.1 Å². The van der Waals surface area contributed by atoms with Crippen LogP contribution in [0.4, 0.5) is 0 Å². The van der Waals surface area contributed by atoms with Crippen molar-refractivity contribution in [2.75, 3.05) is 14.2 Å². The highest BCUT2D eigenvalue weighted by molar-refractivity contribution is 4.64.